The molecule has 0 bridgehead atoms. The molecular formula is C19H25N3OS. The van der Waals surface area contributed by atoms with Crippen molar-refractivity contribution in [1.82, 2.24) is 14.9 Å². The van der Waals surface area contributed by atoms with Crippen molar-refractivity contribution in [1.29, 1.82) is 0 Å². The predicted molar refractivity (Wildman–Crippen MR) is 98.6 cm³/mol. The summed E-state index contributed by atoms with van der Waals surface area (Å²) in [6, 6.07) is 8.56. The number of amides is 1. The minimum atomic E-state index is 0.110. The largest absolute Gasteiger partial charge is 0.353 e. The van der Waals surface area contributed by atoms with Crippen molar-refractivity contribution in [2.45, 2.75) is 50.7 Å². The van der Waals surface area contributed by atoms with Gasteiger partial charge in [-0.3, -0.25) is 9.36 Å². The number of imidazole rings is 1. The van der Waals surface area contributed by atoms with E-state index in [2.05, 4.69) is 40.8 Å². The van der Waals surface area contributed by atoms with Gasteiger partial charge in [0.1, 0.15) is 0 Å². The molecular weight excluding hydrogens is 318 g/mol. The summed E-state index contributed by atoms with van der Waals surface area (Å²) in [6.07, 6.45) is 8.39. The van der Waals surface area contributed by atoms with Crippen molar-refractivity contribution in [2.75, 3.05) is 5.75 Å². The third-order valence-electron chi connectivity index (χ3n) is 4.70. The first-order chi connectivity index (χ1) is 11.6. The van der Waals surface area contributed by atoms with Crippen LogP contribution in [-0.4, -0.2) is 27.3 Å². The first-order valence-corrected chi connectivity index (χ1v) is 9.63. The van der Waals surface area contributed by atoms with Crippen molar-refractivity contribution in [3.8, 4) is 5.69 Å². The number of carbonyl (C=O) groups is 1. The number of para-hydroxylation sites is 1. The van der Waals surface area contributed by atoms with Gasteiger partial charge in [0.15, 0.2) is 5.16 Å². The van der Waals surface area contributed by atoms with E-state index in [0.29, 0.717) is 11.8 Å². The maximum atomic E-state index is 12.2. The molecule has 1 saturated carbocycles. The molecule has 128 valence electrons. The molecule has 1 N–H and O–H groups in total. The van der Waals surface area contributed by atoms with E-state index < -0.39 is 0 Å². The van der Waals surface area contributed by atoms with Crippen LogP contribution in [0.3, 0.4) is 0 Å². The minimum absolute atomic E-state index is 0.110. The van der Waals surface area contributed by atoms with Gasteiger partial charge in [0, 0.05) is 18.4 Å². The van der Waals surface area contributed by atoms with Crippen LogP contribution >= 0.6 is 11.8 Å². The molecule has 5 heteroatoms. The summed E-state index contributed by atoms with van der Waals surface area (Å²) in [6.45, 7) is 4.37. The number of hydrogen-bond donors (Lipinski definition) is 1. The van der Waals surface area contributed by atoms with Crippen molar-refractivity contribution in [2.24, 2.45) is 5.92 Å². The summed E-state index contributed by atoms with van der Waals surface area (Å²) >= 11 is 1.49. The third-order valence-corrected chi connectivity index (χ3v) is 5.66. The Balaban J connectivity index is 1.57. The number of nitrogens with zero attached hydrogens (tertiary/aromatic N) is 2. The zero-order valence-electron chi connectivity index (χ0n) is 14.4. The van der Waals surface area contributed by atoms with Crippen LogP contribution in [0.15, 0.2) is 41.8 Å². The lowest BCUT2D eigenvalue weighted by Gasteiger charge is -2.26. The van der Waals surface area contributed by atoms with E-state index >= 15 is 0 Å². The van der Waals surface area contributed by atoms with Crippen molar-refractivity contribution in [3.05, 3.63) is 42.2 Å². The Labute approximate surface area is 148 Å². The van der Waals surface area contributed by atoms with Gasteiger partial charge in [-0.25, -0.2) is 4.98 Å². The summed E-state index contributed by atoms with van der Waals surface area (Å²) < 4.78 is 2.05. The van der Waals surface area contributed by atoms with E-state index in [4.69, 9.17) is 0 Å². The van der Waals surface area contributed by atoms with E-state index in [1.54, 1.807) is 6.20 Å². The lowest BCUT2D eigenvalue weighted by atomic mass is 9.87. The average molecular weight is 343 g/mol. The van der Waals surface area contributed by atoms with Crippen LogP contribution in [0.5, 0.6) is 0 Å². The molecule has 4 nitrogen and oxygen atoms in total. The first kappa shape index (κ1) is 17.1. The van der Waals surface area contributed by atoms with Gasteiger partial charge in [-0.15, -0.1) is 0 Å². The monoisotopic (exact) mass is 343 g/mol. The van der Waals surface area contributed by atoms with Crippen LogP contribution in [0.1, 0.15) is 38.2 Å². The van der Waals surface area contributed by atoms with E-state index in [-0.39, 0.29) is 5.91 Å². The van der Waals surface area contributed by atoms with E-state index in [0.717, 1.165) is 29.6 Å². The topological polar surface area (TPSA) is 46.9 Å². The number of hydrogen-bond acceptors (Lipinski definition) is 3. The van der Waals surface area contributed by atoms with Crippen LogP contribution in [0, 0.1) is 12.8 Å². The molecule has 1 aliphatic rings. The molecule has 0 atom stereocenters. The van der Waals surface area contributed by atoms with Crippen LogP contribution in [0.25, 0.3) is 5.69 Å². The van der Waals surface area contributed by atoms with Gasteiger partial charge < -0.3 is 5.32 Å². The Bertz CT molecular complexity index is 689. The molecule has 2 aromatic rings. The van der Waals surface area contributed by atoms with Crippen LogP contribution in [0.2, 0.25) is 0 Å². The highest BCUT2D eigenvalue weighted by molar-refractivity contribution is 7.99. The SMILES string of the molecule is Cc1ccccc1-n1ccnc1SCC(=O)NC1CCC(C)CC1. The Kier molecular flexibility index (Phi) is 5.61. The number of carbonyl (C=O) groups excluding carboxylic acids is 1. The standard InChI is InChI=1S/C19H25N3OS/c1-14-7-9-16(10-8-14)21-18(23)13-24-19-20-11-12-22(19)17-6-4-3-5-15(17)2/h3-6,11-12,14,16H,7-10,13H2,1-2H3,(H,21,23). The number of thioether (sulfide) groups is 1. The molecule has 3 rings (SSSR count). The Morgan fingerprint density at radius 3 is 2.79 bits per heavy atom. The van der Waals surface area contributed by atoms with Crippen molar-refractivity contribution in [3.63, 3.8) is 0 Å². The lowest BCUT2D eigenvalue weighted by molar-refractivity contribution is -0.119. The Morgan fingerprint density at radius 1 is 1.29 bits per heavy atom. The number of rotatable bonds is 5. The van der Waals surface area contributed by atoms with Crippen LogP contribution < -0.4 is 5.32 Å². The van der Waals surface area contributed by atoms with E-state index in [1.807, 2.05) is 18.3 Å². The quantitative estimate of drug-likeness (QED) is 0.836. The highest BCUT2D eigenvalue weighted by atomic mass is 32.2. The van der Waals surface area contributed by atoms with Gasteiger partial charge in [-0.2, -0.15) is 0 Å². The second-order valence-electron chi connectivity index (χ2n) is 6.68. The summed E-state index contributed by atoms with van der Waals surface area (Å²) in [7, 11) is 0. The molecule has 1 aromatic heterocycles. The van der Waals surface area contributed by atoms with Crippen molar-refractivity contribution >= 4 is 17.7 Å². The summed E-state index contributed by atoms with van der Waals surface area (Å²) in [4.78, 5) is 16.6. The van der Waals surface area contributed by atoms with Gasteiger partial charge in [0.05, 0.1) is 11.4 Å². The molecule has 0 radical (unpaired) electrons. The smallest absolute Gasteiger partial charge is 0.230 e. The first-order valence-electron chi connectivity index (χ1n) is 8.65. The average Bonchev–Trinajstić information content (AvgIpc) is 3.04. The fourth-order valence-corrected chi connectivity index (χ4v) is 3.99. The van der Waals surface area contributed by atoms with Gasteiger partial charge in [0.2, 0.25) is 5.91 Å². The second kappa shape index (κ2) is 7.88. The highest BCUT2D eigenvalue weighted by Crippen LogP contribution is 2.25. The van der Waals surface area contributed by atoms with Gasteiger partial charge in [0.25, 0.3) is 0 Å². The van der Waals surface area contributed by atoms with E-state index in [9.17, 15) is 4.79 Å². The lowest BCUT2D eigenvalue weighted by Crippen LogP contribution is -2.38. The molecule has 1 aliphatic carbocycles. The highest BCUT2D eigenvalue weighted by Gasteiger charge is 2.20. The maximum absolute atomic E-state index is 12.2. The molecule has 0 aliphatic heterocycles. The molecule has 0 spiro atoms. The molecule has 1 aromatic carbocycles. The number of nitrogens with one attached hydrogen (secondary N) is 1. The Morgan fingerprint density at radius 2 is 2.04 bits per heavy atom. The normalized spacial score (nSPS) is 20.8. The molecule has 1 fully saturated rings. The molecule has 0 unspecified atom stereocenters. The minimum Gasteiger partial charge on any atom is -0.353 e. The molecule has 24 heavy (non-hydrogen) atoms. The summed E-state index contributed by atoms with van der Waals surface area (Å²) in [5, 5.41) is 4.03. The van der Waals surface area contributed by atoms with E-state index in [1.165, 1.54) is 30.2 Å². The fourth-order valence-electron chi connectivity index (χ4n) is 3.22. The fraction of sp³-hybridized carbons (Fsp3) is 0.474. The number of benzene rings is 1. The van der Waals surface area contributed by atoms with Crippen molar-refractivity contribution < 1.29 is 4.79 Å². The second-order valence-corrected chi connectivity index (χ2v) is 7.62. The Hall–Kier alpha value is -1.75. The summed E-state index contributed by atoms with van der Waals surface area (Å²) in [5.74, 6) is 1.32. The maximum Gasteiger partial charge on any atom is 0.230 e. The third kappa shape index (κ3) is 4.20. The van der Waals surface area contributed by atoms with Gasteiger partial charge in [-0.05, 0) is 50.2 Å². The van der Waals surface area contributed by atoms with Crippen LogP contribution in [0.4, 0.5) is 0 Å². The zero-order chi connectivity index (χ0) is 16.9. The van der Waals surface area contributed by atoms with Gasteiger partial charge in [-0.1, -0.05) is 36.9 Å². The zero-order valence-corrected chi connectivity index (χ0v) is 15.2. The molecule has 1 amide bonds. The number of aromatic nitrogens is 2. The predicted octanol–water partition coefficient (Wildman–Crippen LogP) is 3.97. The van der Waals surface area contributed by atoms with Gasteiger partial charge >= 0.3 is 0 Å². The van der Waals surface area contributed by atoms with Crippen LogP contribution in [-0.2, 0) is 4.79 Å². The molecule has 0 saturated heterocycles. The summed E-state index contributed by atoms with van der Waals surface area (Å²) in [5.41, 5.74) is 2.30. The molecule has 1 heterocycles. The number of aryl methyl sites for hydroxylation is 1.